The zero-order chi connectivity index (χ0) is 16.1. The third-order valence-corrected chi connectivity index (χ3v) is 3.61. The molecule has 1 aromatic carbocycles. The van der Waals surface area contributed by atoms with Crippen molar-refractivity contribution in [3.63, 3.8) is 0 Å². The summed E-state index contributed by atoms with van der Waals surface area (Å²) in [5.41, 5.74) is -0.0657. The van der Waals surface area contributed by atoms with Crippen molar-refractivity contribution >= 4 is 5.97 Å². The lowest BCUT2D eigenvalue weighted by molar-refractivity contribution is -0.397. The summed E-state index contributed by atoms with van der Waals surface area (Å²) in [5, 5.41) is 47.8. The molecule has 2 aliphatic rings. The Morgan fingerprint density at radius 3 is 2.45 bits per heavy atom. The maximum absolute atomic E-state index is 10.9. The first-order valence-corrected chi connectivity index (χ1v) is 6.46. The summed E-state index contributed by atoms with van der Waals surface area (Å²) in [6, 6.07) is 3.76. The van der Waals surface area contributed by atoms with Crippen LogP contribution in [0.3, 0.4) is 0 Å². The number of ether oxygens (including phenoxy) is 3. The van der Waals surface area contributed by atoms with E-state index in [1.54, 1.807) is 0 Å². The van der Waals surface area contributed by atoms with Gasteiger partial charge in [0.15, 0.2) is 17.6 Å². The molecule has 0 radical (unpaired) electrons. The van der Waals surface area contributed by atoms with E-state index in [2.05, 4.69) is 0 Å². The number of hydrogen-bond donors (Lipinski definition) is 5. The van der Waals surface area contributed by atoms with Gasteiger partial charge in [-0.1, -0.05) is 0 Å². The standard InChI is InChI=1S/C13H14O9/c14-4-8-9(15)10(16)11(17)13(22-8)20-6-2-1-5(12(18)19)3-7(6)21-13/h1-3,8-11,14-17H,4H2,(H,18,19)/t8-,9-,10+,11-,13?/m1/s1. The highest BCUT2D eigenvalue weighted by molar-refractivity contribution is 5.88. The van der Waals surface area contributed by atoms with Gasteiger partial charge >= 0.3 is 11.9 Å². The molecule has 0 aromatic heterocycles. The summed E-state index contributed by atoms with van der Waals surface area (Å²) in [4.78, 5) is 10.9. The highest BCUT2D eigenvalue weighted by Crippen LogP contribution is 2.45. The van der Waals surface area contributed by atoms with E-state index in [9.17, 15) is 25.2 Å². The highest BCUT2D eigenvalue weighted by Gasteiger charge is 2.60. The minimum absolute atomic E-state index is 0.000713. The molecule has 9 nitrogen and oxygen atoms in total. The summed E-state index contributed by atoms with van der Waals surface area (Å²) in [5.74, 6) is -3.24. The van der Waals surface area contributed by atoms with Crippen molar-refractivity contribution in [3.8, 4) is 11.5 Å². The highest BCUT2D eigenvalue weighted by atomic mass is 16.9. The summed E-state index contributed by atoms with van der Waals surface area (Å²) < 4.78 is 16.0. The molecule has 3 rings (SSSR count). The van der Waals surface area contributed by atoms with Crippen molar-refractivity contribution in [1.29, 1.82) is 0 Å². The number of fused-ring (bicyclic) bond motifs is 1. The quantitative estimate of drug-likeness (QED) is 0.430. The predicted octanol–water partition coefficient (Wildman–Crippen LogP) is -1.72. The minimum atomic E-state index is -2.16. The Hall–Kier alpha value is -1.91. The maximum Gasteiger partial charge on any atom is 0.403 e. The molecule has 0 saturated carbocycles. The zero-order valence-corrected chi connectivity index (χ0v) is 11.1. The van der Waals surface area contributed by atoms with Gasteiger partial charge in [-0.25, -0.2) is 4.79 Å². The first-order chi connectivity index (χ1) is 10.4. The summed E-state index contributed by atoms with van der Waals surface area (Å²) >= 11 is 0. The van der Waals surface area contributed by atoms with Crippen molar-refractivity contribution in [1.82, 2.24) is 0 Å². The van der Waals surface area contributed by atoms with Crippen LogP contribution >= 0.6 is 0 Å². The van der Waals surface area contributed by atoms with Gasteiger partial charge in [-0.05, 0) is 18.2 Å². The fraction of sp³-hybridized carbons (Fsp3) is 0.462. The van der Waals surface area contributed by atoms with Gasteiger partial charge in [-0.3, -0.25) is 4.74 Å². The molecule has 2 aliphatic heterocycles. The molecule has 5 atom stereocenters. The Bertz CT molecular complexity index is 601. The van der Waals surface area contributed by atoms with Gasteiger partial charge < -0.3 is 35.0 Å². The van der Waals surface area contributed by atoms with Gasteiger partial charge in [0.2, 0.25) is 0 Å². The molecular formula is C13H14O9. The third kappa shape index (κ3) is 2.11. The van der Waals surface area contributed by atoms with E-state index in [1.807, 2.05) is 0 Å². The van der Waals surface area contributed by atoms with Crippen LogP contribution in [0.25, 0.3) is 0 Å². The Labute approximate surface area is 123 Å². The average Bonchev–Trinajstić information content (AvgIpc) is 2.87. The number of carboxylic acid groups (broad SMARTS) is 1. The monoisotopic (exact) mass is 314 g/mol. The molecular weight excluding hydrogens is 300 g/mol. The van der Waals surface area contributed by atoms with Gasteiger partial charge in [-0.2, -0.15) is 0 Å². The van der Waals surface area contributed by atoms with Gasteiger partial charge in [0, 0.05) is 0 Å². The lowest BCUT2D eigenvalue weighted by atomic mass is 9.98. The van der Waals surface area contributed by atoms with Crippen LogP contribution in [-0.4, -0.2) is 68.5 Å². The van der Waals surface area contributed by atoms with Crippen molar-refractivity contribution in [2.75, 3.05) is 6.61 Å². The van der Waals surface area contributed by atoms with Crippen LogP contribution in [0.4, 0.5) is 0 Å². The molecule has 120 valence electrons. The SMILES string of the molecule is O=C(O)c1ccc2c(c1)OC1(O2)O[C@H](CO)[C@@H](O)[C@H](O)[C@H]1O. The topological polar surface area (TPSA) is 146 Å². The average molecular weight is 314 g/mol. The second-order valence-corrected chi connectivity index (χ2v) is 5.04. The van der Waals surface area contributed by atoms with Crippen LogP contribution in [-0.2, 0) is 4.74 Å². The van der Waals surface area contributed by atoms with Gasteiger partial charge in [0.05, 0.1) is 12.2 Å². The van der Waals surface area contributed by atoms with Crippen molar-refractivity contribution in [3.05, 3.63) is 23.8 Å². The predicted molar refractivity (Wildman–Crippen MR) is 67.4 cm³/mol. The van der Waals surface area contributed by atoms with Crippen molar-refractivity contribution in [2.24, 2.45) is 0 Å². The van der Waals surface area contributed by atoms with Crippen LogP contribution in [0.2, 0.25) is 0 Å². The smallest absolute Gasteiger partial charge is 0.403 e. The van der Waals surface area contributed by atoms with Crippen molar-refractivity contribution in [2.45, 2.75) is 30.4 Å². The van der Waals surface area contributed by atoms with E-state index < -0.39 is 43.0 Å². The van der Waals surface area contributed by atoms with E-state index >= 15 is 0 Å². The molecule has 0 bridgehead atoms. The molecule has 2 heterocycles. The molecule has 0 aliphatic carbocycles. The number of aromatic carboxylic acids is 1. The van der Waals surface area contributed by atoms with Crippen LogP contribution in [0.15, 0.2) is 18.2 Å². The van der Waals surface area contributed by atoms with E-state index in [0.717, 1.165) is 0 Å². The third-order valence-electron chi connectivity index (χ3n) is 3.61. The molecule has 1 spiro atoms. The molecule has 22 heavy (non-hydrogen) atoms. The maximum atomic E-state index is 10.9. The normalized spacial score (nSPS) is 36.5. The molecule has 9 heteroatoms. The van der Waals surface area contributed by atoms with Crippen molar-refractivity contribution < 1.29 is 44.5 Å². The lowest BCUT2D eigenvalue weighted by Crippen LogP contribution is -2.68. The fourth-order valence-electron chi connectivity index (χ4n) is 2.41. The van der Waals surface area contributed by atoms with Crippen LogP contribution < -0.4 is 9.47 Å². The molecule has 1 aromatic rings. The molecule has 1 fully saturated rings. The fourth-order valence-corrected chi connectivity index (χ4v) is 2.41. The second-order valence-electron chi connectivity index (χ2n) is 5.04. The number of hydrogen-bond acceptors (Lipinski definition) is 8. The minimum Gasteiger partial charge on any atom is -0.478 e. The molecule has 5 N–H and O–H groups in total. The van der Waals surface area contributed by atoms with E-state index in [1.165, 1.54) is 18.2 Å². The van der Waals surface area contributed by atoms with Gasteiger partial charge in [-0.15, -0.1) is 0 Å². The Morgan fingerprint density at radius 2 is 1.82 bits per heavy atom. The van der Waals surface area contributed by atoms with E-state index in [4.69, 9.17) is 19.3 Å². The summed E-state index contributed by atoms with van der Waals surface area (Å²) in [7, 11) is 0. The number of aliphatic hydroxyl groups excluding tert-OH is 4. The lowest BCUT2D eigenvalue weighted by Gasteiger charge is -2.43. The number of aliphatic hydroxyl groups is 4. The number of carbonyl (C=O) groups is 1. The Kier molecular flexibility index (Phi) is 3.46. The van der Waals surface area contributed by atoms with Crippen LogP contribution in [0, 0.1) is 0 Å². The van der Waals surface area contributed by atoms with Crippen LogP contribution in [0.1, 0.15) is 10.4 Å². The molecule has 1 unspecified atom stereocenters. The number of benzene rings is 1. The van der Waals surface area contributed by atoms with Gasteiger partial charge in [0.1, 0.15) is 18.3 Å². The van der Waals surface area contributed by atoms with E-state index in [-0.39, 0.29) is 17.1 Å². The Morgan fingerprint density at radius 1 is 1.14 bits per heavy atom. The first-order valence-electron chi connectivity index (χ1n) is 6.46. The Balaban J connectivity index is 1.93. The van der Waals surface area contributed by atoms with Crippen LogP contribution in [0.5, 0.6) is 11.5 Å². The number of rotatable bonds is 2. The van der Waals surface area contributed by atoms with E-state index in [0.29, 0.717) is 0 Å². The number of carboxylic acids is 1. The largest absolute Gasteiger partial charge is 0.478 e. The molecule has 1 saturated heterocycles. The second kappa shape index (κ2) is 5.07. The zero-order valence-electron chi connectivity index (χ0n) is 11.1. The summed E-state index contributed by atoms with van der Waals surface area (Å²) in [6.07, 6.45) is -6.23. The van der Waals surface area contributed by atoms with Gasteiger partial charge in [0.25, 0.3) is 0 Å². The first kappa shape index (κ1) is 15.0. The summed E-state index contributed by atoms with van der Waals surface area (Å²) in [6.45, 7) is -0.643. The molecule has 0 amide bonds.